The van der Waals surface area contributed by atoms with E-state index in [9.17, 15) is 4.79 Å². The molecule has 0 aliphatic rings. The fraction of sp³-hybridized carbons (Fsp3) is 0.364. The minimum Gasteiger partial charge on any atom is -0.330 e. The maximum Gasteiger partial charge on any atom is 0.220 e. The van der Waals surface area contributed by atoms with Crippen molar-refractivity contribution in [3.63, 3.8) is 0 Å². The van der Waals surface area contributed by atoms with Crippen LogP contribution in [0.15, 0.2) is 36.1 Å². The number of amides is 1. The molecule has 0 aromatic heterocycles. The van der Waals surface area contributed by atoms with E-state index in [1.807, 2.05) is 25.2 Å². The topological polar surface area (TPSA) is 29.1 Å². The van der Waals surface area contributed by atoms with Gasteiger partial charge in [-0.3, -0.25) is 4.79 Å². The molecular formula is C11H17NO. The van der Waals surface area contributed by atoms with Crippen molar-refractivity contribution >= 4 is 5.91 Å². The van der Waals surface area contributed by atoms with E-state index in [1.54, 1.807) is 0 Å². The molecular weight excluding hydrogens is 162 g/mol. The molecule has 0 spiro atoms. The summed E-state index contributed by atoms with van der Waals surface area (Å²) in [6.45, 7) is 9.10. The first kappa shape index (κ1) is 11.7. The van der Waals surface area contributed by atoms with E-state index in [2.05, 4.69) is 18.8 Å². The maximum atomic E-state index is 10.6. The van der Waals surface area contributed by atoms with Crippen molar-refractivity contribution < 1.29 is 4.79 Å². The van der Waals surface area contributed by atoms with E-state index < -0.39 is 0 Å². The smallest absolute Gasteiger partial charge is 0.220 e. The Bertz CT molecular complexity index is 249. The summed E-state index contributed by atoms with van der Waals surface area (Å²) in [6.07, 6.45) is 6.60. The number of hydrogen-bond donors (Lipinski definition) is 1. The number of nitrogens with one attached hydrogen (secondary N) is 1. The molecule has 0 atom stereocenters. The minimum atomic E-state index is -0.0428. The summed E-state index contributed by atoms with van der Waals surface area (Å²) in [7, 11) is 0. The summed E-state index contributed by atoms with van der Waals surface area (Å²) >= 11 is 0. The molecule has 13 heavy (non-hydrogen) atoms. The third kappa shape index (κ3) is 5.91. The first-order valence-electron chi connectivity index (χ1n) is 4.37. The Morgan fingerprint density at radius 1 is 1.38 bits per heavy atom. The van der Waals surface area contributed by atoms with E-state index in [0.717, 1.165) is 17.7 Å². The van der Waals surface area contributed by atoms with E-state index >= 15 is 0 Å². The van der Waals surface area contributed by atoms with Gasteiger partial charge in [-0.25, -0.2) is 0 Å². The first-order valence-corrected chi connectivity index (χ1v) is 4.37. The largest absolute Gasteiger partial charge is 0.330 e. The van der Waals surface area contributed by atoms with Crippen LogP contribution in [0.25, 0.3) is 0 Å². The van der Waals surface area contributed by atoms with Crippen molar-refractivity contribution in [3.8, 4) is 0 Å². The Balaban J connectivity index is 4.30. The minimum absolute atomic E-state index is 0.0428. The Kier molecular flexibility index (Phi) is 5.60. The predicted molar refractivity (Wildman–Crippen MR) is 56.1 cm³/mol. The molecule has 1 N–H and O–H groups in total. The van der Waals surface area contributed by atoms with Crippen LogP contribution in [0.1, 0.15) is 27.2 Å². The van der Waals surface area contributed by atoms with Crippen LogP contribution >= 0.6 is 0 Å². The molecule has 2 heteroatoms. The molecule has 72 valence electrons. The van der Waals surface area contributed by atoms with E-state index in [-0.39, 0.29) is 5.91 Å². The Labute approximate surface area is 80.0 Å². The third-order valence-corrected chi connectivity index (χ3v) is 1.59. The van der Waals surface area contributed by atoms with Gasteiger partial charge in [0, 0.05) is 12.6 Å². The lowest BCUT2D eigenvalue weighted by molar-refractivity contribution is -0.118. The second-order valence-electron chi connectivity index (χ2n) is 2.83. The molecule has 0 bridgehead atoms. The molecule has 0 fully saturated rings. The molecule has 0 heterocycles. The van der Waals surface area contributed by atoms with Crippen LogP contribution in [-0.2, 0) is 4.79 Å². The summed E-state index contributed by atoms with van der Waals surface area (Å²) in [6, 6.07) is 0. The normalized spacial score (nSPS) is 12.5. The predicted octanol–water partition coefficient (Wildman–Crippen LogP) is 2.55. The lowest BCUT2D eigenvalue weighted by atomic mass is 10.2. The zero-order valence-corrected chi connectivity index (χ0v) is 8.55. The van der Waals surface area contributed by atoms with Crippen molar-refractivity contribution in [2.45, 2.75) is 27.2 Å². The van der Waals surface area contributed by atoms with Crippen LogP contribution in [0.5, 0.6) is 0 Å². The first-order chi connectivity index (χ1) is 6.10. The Morgan fingerprint density at radius 2 is 2.00 bits per heavy atom. The van der Waals surface area contributed by atoms with Crippen LogP contribution in [0.4, 0.5) is 0 Å². The summed E-state index contributed by atoms with van der Waals surface area (Å²) in [5, 5.41) is 2.69. The van der Waals surface area contributed by atoms with Gasteiger partial charge < -0.3 is 5.32 Å². The van der Waals surface area contributed by atoms with Crippen molar-refractivity contribution in [2.24, 2.45) is 0 Å². The van der Waals surface area contributed by atoms with E-state index in [1.165, 1.54) is 6.92 Å². The highest BCUT2D eigenvalue weighted by atomic mass is 16.1. The summed E-state index contributed by atoms with van der Waals surface area (Å²) in [5.41, 5.74) is 2.00. The number of carbonyl (C=O) groups is 1. The molecule has 2 nitrogen and oxygen atoms in total. The van der Waals surface area contributed by atoms with Gasteiger partial charge in [0.25, 0.3) is 0 Å². The van der Waals surface area contributed by atoms with Gasteiger partial charge in [-0.15, -0.1) is 0 Å². The molecule has 0 saturated carbocycles. The highest BCUT2D eigenvalue weighted by molar-refractivity contribution is 5.74. The van der Waals surface area contributed by atoms with E-state index in [0.29, 0.717) is 0 Å². The lowest BCUT2D eigenvalue weighted by Gasteiger charge is -1.99. The van der Waals surface area contributed by atoms with Crippen LogP contribution in [0.3, 0.4) is 0 Å². The van der Waals surface area contributed by atoms with Crippen molar-refractivity contribution in [2.75, 3.05) is 0 Å². The van der Waals surface area contributed by atoms with Gasteiger partial charge in [-0.05, 0) is 25.0 Å². The standard InChI is InChI=1S/C11H17NO/c1-5-11(6-2)8-7-9(3)12-10(4)13/h5,7-8H,1,6H2,2-4H3,(H,12,13)/b9-7+,11-8+. The number of rotatable bonds is 4. The molecule has 0 saturated heterocycles. The number of allylic oxidation sites excluding steroid dienone is 5. The summed E-state index contributed by atoms with van der Waals surface area (Å²) < 4.78 is 0. The van der Waals surface area contributed by atoms with Crippen molar-refractivity contribution in [3.05, 3.63) is 36.1 Å². The second-order valence-corrected chi connectivity index (χ2v) is 2.83. The maximum absolute atomic E-state index is 10.6. The average molecular weight is 179 g/mol. The van der Waals surface area contributed by atoms with Gasteiger partial charge in [0.1, 0.15) is 0 Å². The second kappa shape index (κ2) is 6.23. The zero-order chi connectivity index (χ0) is 10.3. The molecule has 0 aliphatic carbocycles. The highest BCUT2D eigenvalue weighted by Crippen LogP contribution is 2.02. The van der Waals surface area contributed by atoms with Crippen molar-refractivity contribution in [1.82, 2.24) is 5.32 Å². The summed E-state index contributed by atoms with van der Waals surface area (Å²) in [5.74, 6) is -0.0428. The van der Waals surface area contributed by atoms with Gasteiger partial charge in [-0.2, -0.15) is 0 Å². The Hall–Kier alpha value is -1.31. The number of carbonyl (C=O) groups excluding carboxylic acids is 1. The fourth-order valence-corrected chi connectivity index (χ4v) is 0.882. The molecule has 0 rings (SSSR count). The van der Waals surface area contributed by atoms with Gasteiger partial charge in [-0.1, -0.05) is 25.7 Å². The van der Waals surface area contributed by atoms with Gasteiger partial charge in [0.15, 0.2) is 0 Å². The fourth-order valence-electron chi connectivity index (χ4n) is 0.882. The Morgan fingerprint density at radius 3 is 2.38 bits per heavy atom. The highest BCUT2D eigenvalue weighted by Gasteiger charge is 1.90. The van der Waals surface area contributed by atoms with Gasteiger partial charge >= 0.3 is 0 Å². The SMILES string of the molecule is C=C/C(=C\C=C(/C)NC(C)=O)CC. The van der Waals surface area contributed by atoms with Crippen LogP contribution in [0, 0.1) is 0 Å². The van der Waals surface area contributed by atoms with Crippen LogP contribution < -0.4 is 5.32 Å². The summed E-state index contributed by atoms with van der Waals surface area (Å²) in [4.78, 5) is 10.6. The molecule has 0 aliphatic heterocycles. The van der Waals surface area contributed by atoms with Gasteiger partial charge in [0.05, 0.1) is 0 Å². The molecule has 0 radical (unpaired) electrons. The lowest BCUT2D eigenvalue weighted by Crippen LogP contribution is -2.16. The van der Waals surface area contributed by atoms with Crippen molar-refractivity contribution in [1.29, 1.82) is 0 Å². The third-order valence-electron chi connectivity index (χ3n) is 1.59. The van der Waals surface area contributed by atoms with Crippen LogP contribution in [-0.4, -0.2) is 5.91 Å². The average Bonchev–Trinajstić information content (AvgIpc) is 2.05. The molecule has 0 aromatic carbocycles. The molecule has 0 aromatic rings. The van der Waals surface area contributed by atoms with E-state index in [4.69, 9.17) is 0 Å². The molecule has 1 amide bonds. The van der Waals surface area contributed by atoms with Crippen LogP contribution in [0.2, 0.25) is 0 Å². The monoisotopic (exact) mass is 179 g/mol. The molecule has 0 unspecified atom stereocenters. The zero-order valence-electron chi connectivity index (χ0n) is 8.55. The van der Waals surface area contributed by atoms with Gasteiger partial charge in [0.2, 0.25) is 5.91 Å². The quantitative estimate of drug-likeness (QED) is 0.660. The number of hydrogen-bond acceptors (Lipinski definition) is 1.